The summed E-state index contributed by atoms with van der Waals surface area (Å²) in [6.45, 7) is 1.73. The zero-order valence-corrected chi connectivity index (χ0v) is 12.9. The Labute approximate surface area is 137 Å². The zero-order valence-electron chi connectivity index (χ0n) is 12.9. The van der Waals surface area contributed by atoms with E-state index in [0.717, 1.165) is 41.8 Å². The molecule has 24 heavy (non-hydrogen) atoms. The molecular formula is C17H16N6O. The number of fused-ring (bicyclic) bond motifs is 2. The molecule has 1 aliphatic heterocycles. The number of aromatic nitrogens is 5. The summed E-state index contributed by atoms with van der Waals surface area (Å²) in [6, 6.07) is 9.94. The number of hydrogen-bond donors (Lipinski definition) is 2. The van der Waals surface area contributed by atoms with E-state index in [1.807, 2.05) is 47.2 Å². The quantitative estimate of drug-likeness (QED) is 0.587. The van der Waals surface area contributed by atoms with E-state index >= 15 is 0 Å². The molecule has 5 rings (SSSR count). The van der Waals surface area contributed by atoms with Crippen molar-refractivity contribution < 1.29 is 0 Å². The molecule has 0 amide bonds. The normalized spacial score (nSPS) is 17.9. The van der Waals surface area contributed by atoms with Crippen LogP contribution >= 0.6 is 0 Å². The second kappa shape index (κ2) is 5.04. The summed E-state index contributed by atoms with van der Waals surface area (Å²) in [6.07, 6.45) is 4.67. The topological polar surface area (TPSA) is 80.0 Å². The van der Waals surface area contributed by atoms with Crippen LogP contribution in [-0.2, 0) is 0 Å². The van der Waals surface area contributed by atoms with Crippen molar-refractivity contribution in [2.24, 2.45) is 0 Å². The molecule has 5 heterocycles. The smallest absolute Gasteiger partial charge is 0.315 e. The predicted octanol–water partition coefficient (Wildman–Crippen LogP) is 1.57. The minimum atomic E-state index is -0.0942. The van der Waals surface area contributed by atoms with Crippen molar-refractivity contribution in [3.05, 3.63) is 53.2 Å². The average molecular weight is 320 g/mol. The fraction of sp³-hybridized carbons (Fsp3) is 0.235. The van der Waals surface area contributed by atoms with Crippen molar-refractivity contribution in [3.63, 3.8) is 0 Å². The van der Waals surface area contributed by atoms with Crippen molar-refractivity contribution in [1.29, 1.82) is 0 Å². The van der Waals surface area contributed by atoms with Gasteiger partial charge in [0.2, 0.25) is 0 Å². The summed E-state index contributed by atoms with van der Waals surface area (Å²) >= 11 is 0. The van der Waals surface area contributed by atoms with Gasteiger partial charge in [0, 0.05) is 18.3 Å². The standard InChI is InChI=1S/C17H16N6O/c24-17-21-14-5-4-13(12-10-19-22-8-2-1-3-15(12)22)20-16(14)23(17)11-6-7-18-9-11/h1-5,8,10-11,18H,6-7,9H2,(H,21,24)/t11-/m1/s1. The lowest BCUT2D eigenvalue weighted by Gasteiger charge is -2.10. The molecule has 0 bridgehead atoms. The molecule has 0 unspecified atom stereocenters. The fourth-order valence-corrected chi connectivity index (χ4v) is 3.48. The molecule has 0 radical (unpaired) electrons. The van der Waals surface area contributed by atoms with Gasteiger partial charge < -0.3 is 10.3 Å². The van der Waals surface area contributed by atoms with Gasteiger partial charge in [-0.15, -0.1) is 0 Å². The van der Waals surface area contributed by atoms with E-state index in [1.54, 1.807) is 4.57 Å². The first kappa shape index (κ1) is 13.5. The second-order valence-corrected chi connectivity index (χ2v) is 6.10. The lowest BCUT2D eigenvalue weighted by molar-refractivity contribution is 0.542. The molecule has 0 spiro atoms. The molecule has 120 valence electrons. The minimum absolute atomic E-state index is 0.0942. The summed E-state index contributed by atoms with van der Waals surface area (Å²) in [7, 11) is 0. The summed E-state index contributed by atoms with van der Waals surface area (Å²) in [5.74, 6) is 0. The Morgan fingerprint density at radius 1 is 1.21 bits per heavy atom. The monoisotopic (exact) mass is 320 g/mol. The maximum Gasteiger partial charge on any atom is 0.327 e. The fourth-order valence-electron chi connectivity index (χ4n) is 3.48. The first-order chi connectivity index (χ1) is 11.8. The average Bonchev–Trinajstić information content (AvgIpc) is 3.31. The molecule has 7 nitrogen and oxygen atoms in total. The van der Waals surface area contributed by atoms with E-state index in [9.17, 15) is 4.79 Å². The number of pyridine rings is 2. The highest BCUT2D eigenvalue weighted by Gasteiger charge is 2.22. The summed E-state index contributed by atoms with van der Waals surface area (Å²) < 4.78 is 3.61. The maximum absolute atomic E-state index is 12.4. The van der Waals surface area contributed by atoms with E-state index in [2.05, 4.69) is 15.4 Å². The van der Waals surface area contributed by atoms with E-state index < -0.39 is 0 Å². The van der Waals surface area contributed by atoms with Gasteiger partial charge >= 0.3 is 5.69 Å². The van der Waals surface area contributed by atoms with Gasteiger partial charge in [0.25, 0.3) is 0 Å². The number of H-pyrrole nitrogens is 1. The lowest BCUT2D eigenvalue weighted by Crippen LogP contribution is -2.24. The molecule has 1 aliphatic rings. The van der Waals surface area contributed by atoms with Crippen molar-refractivity contribution in [2.75, 3.05) is 13.1 Å². The number of imidazole rings is 1. The van der Waals surface area contributed by atoms with E-state index in [-0.39, 0.29) is 11.7 Å². The molecule has 2 N–H and O–H groups in total. The summed E-state index contributed by atoms with van der Waals surface area (Å²) in [4.78, 5) is 20.1. The molecule has 0 aromatic carbocycles. The van der Waals surface area contributed by atoms with Crippen LogP contribution in [0, 0.1) is 0 Å². The Morgan fingerprint density at radius 3 is 3.04 bits per heavy atom. The third-order valence-electron chi connectivity index (χ3n) is 4.67. The number of nitrogens with one attached hydrogen (secondary N) is 2. The van der Waals surface area contributed by atoms with Crippen molar-refractivity contribution >= 4 is 16.7 Å². The van der Waals surface area contributed by atoms with Gasteiger partial charge in [-0.1, -0.05) is 6.07 Å². The molecule has 1 fully saturated rings. The molecule has 4 aromatic heterocycles. The SMILES string of the molecule is O=c1[nH]c2ccc(-c3cnn4ccccc34)nc2n1[C@@H]1CCNC1. The van der Waals surface area contributed by atoms with Crippen LogP contribution in [-0.4, -0.2) is 37.2 Å². The Kier molecular flexibility index (Phi) is 2.83. The predicted molar refractivity (Wildman–Crippen MR) is 91.1 cm³/mol. The highest BCUT2D eigenvalue weighted by Crippen LogP contribution is 2.25. The molecule has 7 heteroatoms. The van der Waals surface area contributed by atoms with Gasteiger partial charge in [-0.05, 0) is 37.2 Å². The van der Waals surface area contributed by atoms with Crippen molar-refractivity contribution in [1.82, 2.24) is 29.5 Å². The Morgan fingerprint density at radius 2 is 2.17 bits per heavy atom. The molecule has 0 saturated carbocycles. The molecule has 1 atom stereocenters. The van der Waals surface area contributed by atoms with Crippen molar-refractivity contribution in [2.45, 2.75) is 12.5 Å². The number of nitrogens with zero attached hydrogens (tertiary/aromatic N) is 4. The number of aromatic amines is 1. The van der Waals surface area contributed by atoms with Gasteiger partial charge in [0.15, 0.2) is 5.65 Å². The molecule has 0 aliphatic carbocycles. The highest BCUT2D eigenvalue weighted by molar-refractivity contribution is 5.82. The van der Waals surface area contributed by atoms with Gasteiger partial charge in [0.05, 0.1) is 29.0 Å². The van der Waals surface area contributed by atoms with Gasteiger partial charge in [-0.25, -0.2) is 14.3 Å². The van der Waals surface area contributed by atoms with Crippen LogP contribution in [0.1, 0.15) is 12.5 Å². The van der Waals surface area contributed by atoms with Crippen molar-refractivity contribution in [3.8, 4) is 11.3 Å². The Bertz CT molecular complexity index is 1100. The van der Waals surface area contributed by atoms with Crippen LogP contribution in [0.5, 0.6) is 0 Å². The van der Waals surface area contributed by atoms with E-state index in [0.29, 0.717) is 5.65 Å². The van der Waals surface area contributed by atoms with Crippen LogP contribution in [0.25, 0.3) is 27.9 Å². The third-order valence-corrected chi connectivity index (χ3v) is 4.67. The van der Waals surface area contributed by atoms with Crippen LogP contribution in [0.4, 0.5) is 0 Å². The largest absolute Gasteiger partial charge is 0.327 e. The van der Waals surface area contributed by atoms with Crippen LogP contribution in [0.15, 0.2) is 47.5 Å². The zero-order chi connectivity index (χ0) is 16.1. The molecule has 1 saturated heterocycles. The number of hydrogen-bond acceptors (Lipinski definition) is 4. The van der Waals surface area contributed by atoms with Gasteiger partial charge in [-0.3, -0.25) is 4.57 Å². The van der Waals surface area contributed by atoms with E-state index in [1.165, 1.54) is 0 Å². The summed E-state index contributed by atoms with van der Waals surface area (Å²) in [5, 5.41) is 7.67. The first-order valence-electron chi connectivity index (χ1n) is 8.06. The lowest BCUT2D eigenvalue weighted by atomic mass is 10.2. The molecular weight excluding hydrogens is 304 g/mol. The van der Waals surface area contributed by atoms with Crippen LogP contribution in [0.2, 0.25) is 0 Å². The Hall–Kier alpha value is -2.93. The van der Waals surface area contributed by atoms with Gasteiger partial charge in [-0.2, -0.15) is 5.10 Å². The van der Waals surface area contributed by atoms with Crippen LogP contribution < -0.4 is 11.0 Å². The second-order valence-electron chi connectivity index (χ2n) is 6.10. The van der Waals surface area contributed by atoms with Gasteiger partial charge in [0.1, 0.15) is 0 Å². The van der Waals surface area contributed by atoms with Crippen LogP contribution in [0.3, 0.4) is 0 Å². The maximum atomic E-state index is 12.4. The molecule has 4 aromatic rings. The summed E-state index contributed by atoms with van der Waals surface area (Å²) in [5.41, 5.74) is 4.16. The third kappa shape index (κ3) is 1.91. The first-order valence-corrected chi connectivity index (χ1v) is 8.06. The number of rotatable bonds is 2. The minimum Gasteiger partial charge on any atom is -0.315 e. The highest BCUT2D eigenvalue weighted by atomic mass is 16.1. The Balaban J connectivity index is 1.73. The van der Waals surface area contributed by atoms with E-state index in [4.69, 9.17) is 4.98 Å².